The highest BCUT2D eigenvalue weighted by Crippen LogP contribution is 2.31. The Labute approximate surface area is 194 Å². The van der Waals surface area contributed by atoms with Crippen LogP contribution in [-0.4, -0.2) is 16.8 Å². The number of nitrogens with zero attached hydrogens (tertiary/aromatic N) is 1. The molecule has 1 amide bonds. The van der Waals surface area contributed by atoms with Gasteiger partial charge in [-0.2, -0.15) is 0 Å². The lowest BCUT2D eigenvalue weighted by molar-refractivity contribution is -0.114. The van der Waals surface area contributed by atoms with Crippen LogP contribution in [0.25, 0.3) is 16.7 Å². The van der Waals surface area contributed by atoms with Gasteiger partial charge in [0.1, 0.15) is 0 Å². The van der Waals surface area contributed by atoms with Crippen molar-refractivity contribution in [2.75, 3.05) is 5.32 Å². The molecular weight excluding hydrogens is 473 g/mol. The van der Waals surface area contributed by atoms with E-state index >= 15 is 0 Å². The van der Waals surface area contributed by atoms with Gasteiger partial charge < -0.3 is 16.3 Å². The molecule has 0 aromatic heterocycles. The molecule has 3 aromatic carbocycles. The van der Waals surface area contributed by atoms with E-state index < -0.39 is 11.7 Å². The topological polar surface area (TPSA) is 87.7 Å². The number of benzene rings is 3. The second-order valence-electron chi connectivity index (χ2n) is 7.22. The van der Waals surface area contributed by atoms with Crippen molar-refractivity contribution in [2.45, 2.75) is 20.4 Å². The number of nitrogens with two attached hydrogens (primary N) is 1. The average molecular weight is 496 g/mol. The van der Waals surface area contributed by atoms with Crippen LogP contribution in [0.5, 0.6) is 0 Å². The van der Waals surface area contributed by atoms with Crippen LogP contribution in [0.15, 0.2) is 82.2 Å². The van der Waals surface area contributed by atoms with Gasteiger partial charge in [-0.15, -0.1) is 0 Å². The summed E-state index contributed by atoms with van der Waals surface area (Å²) in [7, 11) is 0. The summed E-state index contributed by atoms with van der Waals surface area (Å²) in [5.41, 5.74) is 10.9. The lowest BCUT2D eigenvalue weighted by Crippen LogP contribution is -2.13. The molecule has 0 fully saturated rings. The Morgan fingerprint density at radius 3 is 2.47 bits per heavy atom. The summed E-state index contributed by atoms with van der Waals surface area (Å²) in [6.07, 6.45) is 0. The van der Waals surface area contributed by atoms with E-state index in [2.05, 4.69) is 26.4 Å². The zero-order valence-corrected chi connectivity index (χ0v) is 19.3. The highest BCUT2D eigenvalue weighted by atomic mass is 79.9. The Kier molecular flexibility index (Phi) is 7.56. The molecule has 5 nitrogen and oxygen atoms in total. The molecule has 4 N–H and O–H groups in total. The Morgan fingerprint density at radius 1 is 1.06 bits per heavy atom. The number of allylic oxidation sites excluding steroid dienone is 1. The molecule has 0 spiro atoms. The van der Waals surface area contributed by atoms with Gasteiger partial charge in [0.15, 0.2) is 5.83 Å². The lowest BCUT2D eigenvalue weighted by atomic mass is 9.99. The van der Waals surface area contributed by atoms with Crippen LogP contribution in [0.2, 0.25) is 0 Å². The molecule has 0 heterocycles. The zero-order chi connectivity index (χ0) is 23.3. The standard InChI is InChI=1S/C25H23BrFN3O2/c1-15(17-7-5-8-18(12-17)16(2)30-32)24(27)25(31)29-23-11-10-19(13-22(23)26)21-9-4-3-6-20(21)14-28/h3-13,32H,14,28H2,1-2H3,(H,29,31)/b24-15+,30-16+. The predicted molar refractivity (Wildman–Crippen MR) is 130 cm³/mol. The molecule has 0 aliphatic heterocycles. The molecule has 164 valence electrons. The van der Waals surface area contributed by atoms with Crippen molar-refractivity contribution in [3.8, 4) is 11.1 Å². The van der Waals surface area contributed by atoms with E-state index in [0.717, 1.165) is 16.7 Å². The van der Waals surface area contributed by atoms with Gasteiger partial charge in [0.05, 0.1) is 11.4 Å². The molecule has 0 saturated carbocycles. The van der Waals surface area contributed by atoms with Gasteiger partial charge in [0.2, 0.25) is 0 Å². The molecule has 32 heavy (non-hydrogen) atoms. The SMILES string of the molecule is C/C(=N\O)c1cccc(/C(C)=C(/F)C(=O)Nc2ccc(-c3ccccc3CN)cc2Br)c1. The maximum Gasteiger partial charge on any atom is 0.284 e. The van der Waals surface area contributed by atoms with E-state index in [1.54, 1.807) is 37.3 Å². The molecule has 0 atom stereocenters. The Bertz CT molecular complexity index is 1220. The molecule has 0 aliphatic rings. The number of anilines is 1. The molecule has 0 aliphatic carbocycles. The largest absolute Gasteiger partial charge is 0.411 e. The van der Waals surface area contributed by atoms with Gasteiger partial charge in [-0.25, -0.2) is 4.39 Å². The zero-order valence-electron chi connectivity index (χ0n) is 17.7. The Balaban J connectivity index is 1.85. The maximum absolute atomic E-state index is 14.9. The highest BCUT2D eigenvalue weighted by Gasteiger charge is 2.16. The molecule has 0 bridgehead atoms. The van der Waals surface area contributed by atoms with Crippen molar-refractivity contribution in [2.24, 2.45) is 10.9 Å². The van der Waals surface area contributed by atoms with E-state index in [0.29, 0.717) is 33.5 Å². The van der Waals surface area contributed by atoms with Crippen molar-refractivity contribution < 1.29 is 14.4 Å². The third-order valence-corrected chi connectivity index (χ3v) is 5.81. The van der Waals surface area contributed by atoms with E-state index in [1.165, 1.54) is 6.92 Å². The summed E-state index contributed by atoms with van der Waals surface area (Å²) in [5.74, 6) is -1.75. The first-order valence-electron chi connectivity index (χ1n) is 9.90. The summed E-state index contributed by atoms with van der Waals surface area (Å²) in [5, 5.41) is 14.7. The van der Waals surface area contributed by atoms with Crippen molar-refractivity contribution in [3.05, 3.63) is 93.7 Å². The van der Waals surface area contributed by atoms with Gasteiger partial charge in [-0.1, -0.05) is 53.7 Å². The van der Waals surface area contributed by atoms with Crippen LogP contribution in [0.1, 0.15) is 30.5 Å². The number of halogens is 2. The highest BCUT2D eigenvalue weighted by molar-refractivity contribution is 9.10. The second kappa shape index (κ2) is 10.3. The third-order valence-electron chi connectivity index (χ3n) is 5.16. The van der Waals surface area contributed by atoms with E-state index in [9.17, 15) is 9.18 Å². The smallest absolute Gasteiger partial charge is 0.284 e. The third kappa shape index (κ3) is 5.12. The minimum Gasteiger partial charge on any atom is -0.411 e. The molecule has 3 rings (SSSR count). The van der Waals surface area contributed by atoms with Gasteiger partial charge in [0, 0.05) is 11.0 Å². The number of oxime groups is 1. The Morgan fingerprint density at radius 2 is 1.78 bits per heavy atom. The van der Waals surface area contributed by atoms with Gasteiger partial charge in [0.25, 0.3) is 5.91 Å². The monoisotopic (exact) mass is 495 g/mol. The van der Waals surface area contributed by atoms with Crippen LogP contribution in [-0.2, 0) is 11.3 Å². The molecule has 3 aromatic rings. The minimum absolute atomic E-state index is 0.180. The summed E-state index contributed by atoms with van der Waals surface area (Å²) >= 11 is 3.46. The first-order chi connectivity index (χ1) is 15.3. The molecule has 0 radical (unpaired) electrons. The van der Waals surface area contributed by atoms with Crippen molar-refractivity contribution in [3.63, 3.8) is 0 Å². The van der Waals surface area contributed by atoms with Gasteiger partial charge in [-0.05, 0) is 81.4 Å². The fraction of sp³-hybridized carbons (Fsp3) is 0.120. The lowest BCUT2D eigenvalue weighted by Gasteiger charge is -2.12. The number of hydrogen-bond acceptors (Lipinski definition) is 4. The molecule has 0 saturated heterocycles. The van der Waals surface area contributed by atoms with Crippen LogP contribution in [0.3, 0.4) is 0 Å². The number of amides is 1. The maximum atomic E-state index is 14.9. The molecule has 7 heteroatoms. The van der Waals surface area contributed by atoms with Crippen LogP contribution >= 0.6 is 15.9 Å². The first-order valence-corrected chi connectivity index (χ1v) is 10.7. The average Bonchev–Trinajstić information content (AvgIpc) is 2.83. The van der Waals surface area contributed by atoms with Crippen molar-refractivity contribution >= 4 is 38.8 Å². The number of hydrogen-bond donors (Lipinski definition) is 3. The number of rotatable bonds is 6. The first kappa shape index (κ1) is 23.4. The van der Waals surface area contributed by atoms with Crippen molar-refractivity contribution in [1.29, 1.82) is 0 Å². The minimum atomic E-state index is -0.898. The summed E-state index contributed by atoms with van der Waals surface area (Å²) in [4.78, 5) is 12.6. The normalized spacial score (nSPS) is 12.3. The summed E-state index contributed by atoms with van der Waals surface area (Å²) < 4.78 is 15.5. The van der Waals surface area contributed by atoms with Crippen LogP contribution in [0, 0.1) is 0 Å². The molecular formula is C25H23BrFN3O2. The fourth-order valence-corrected chi connectivity index (χ4v) is 3.75. The van der Waals surface area contributed by atoms with Crippen LogP contribution in [0.4, 0.5) is 10.1 Å². The van der Waals surface area contributed by atoms with E-state index in [-0.39, 0.29) is 5.57 Å². The fourth-order valence-electron chi connectivity index (χ4n) is 3.27. The predicted octanol–water partition coefficient (Wildman–Crippen LogP) is 6.11. The van der Waals surface area contributed by atoms with Gasteiger partial charge in [-0.3, -0.25) is 4.79 Å². The van der Waals surface area contributed by atoms with Crippen LogP contribution < -0.4 is 11.1 Å². The quantitative estimate of drug-likeness (QED) is 0.167. The Hall–Kier alpha value is -3.29. The number of carbonyl (C=O) groups is 1. The van der Waals surface area contributed by atoms with Gasteiger partial charge >= 0.3 is 0 Å². The number of carbonyl (C=O) groups excluding carboxylic acids is 1. The van der Waals surface area contributed by atoms with E-state index in [4.69, 9.17) is 10.9 Å². The number of nitrogens with one attached hydrogen (secondary N) is 1. The van der Waals surface area contributed by atoms with E-state index in [1.807, 2.05) is 36.4 Å². The summed E-state index contributed by atoms with van der Waals surface area (Å²) in [6, 6.07) is 20.0. The summed E-state index contributed by atoms with van der Waals surface area (Å²) in [6.45, 7) is 3.57. The molecule has 0 unspecified atom stereocenters. The second-order valence-corrected chi connectivity index (χ2v) is 8.07. The van der Waals surface area contributed by atoms with Crippen molar-refractivity contribution in [1.82, 2.24) is 0 Å².